The zero-order valence-electron chi connectivity index (χ0n) is 22.5. The molecule has 1 atom stereocenters. The molecule has 0 bridgehead atoms. The van der Waals surface area contributed by atoms with Crippen LogP contribution in [0.3, 0.4) is 0 Å². The predicted molar refractivity (Wildman–Crippen MR) is 146 cm³/mol. The molecule has 11 heteroatoms. The molecule has 2 heterocycles. The van der Waals surface area contributed by atoms with Crippen molar-refractivity contribution in [3.8, 4) is 17.0 Å². The Balaban J connectivity index is 1.86. The number of hydrogen-bond donors (Lipinski definition) is 1. The molecule has 0 saturated carbocycles. The zero-order valence-corrected chi connectivity index (χ0v) is 23.4. The van der Waals surface area contributed by atoms with E-state index in [1.807, 2.05) is 6.07 Å². The van der Waals surface area contributed by atoms with E-state index in [1.165, 1.54) is 42.0 Å². The van der Waals surface area contributed by atoms with Gasteiger partial charge in [0.15, 0.2) is 4.90 Å². The van der Waals surface area contributed by atoms with Crippen LogP contribution >= 0.6 is 0 Å². The highest BCUT2D eigenvalue weighted by atomic mass is 32.2. The van der Waals surface area contributed by atoms with Gasteiger partial charge in [-0.2, -0.15) is 9.37 Å². The summed E-state index contributed by atoms with van der Waals surface area (Å²) < 4.78 is 53.3. The van der Waals surface area contributed by atoms with Gasteiger partial charge < -0.3 is 14.6 Å². The lowest BCUT2D eigenvalue weighted by Crippen LogP contribution is -2.29. The maximum atomic E-state index is 13.7. The molecule has 0 amide bonds. The van der Waals surface area contributed by atoms with Crippen molar-refractivity contribution in [1.82, 2.24) is 14.5 Å². The predicted octanol–water partition coefficient (Wildman–Crippen LogP) is 4.45. The molecule has 2 aromatic carbocycles. The van der Waals surface area contributed by atoms with E-state index in [2.05, 4.69) is 9.97 Å². The molecule has 0 radical (unpaired) electrons. The molecule has 1 N–H and O–H groups in total. The van der Waals surface area contributed by atoms with Crippen molar-refractivity contribution < 1.29 is 27.4 Å². The van der Waals surface area contributed by atoms with Gasteiger partial charge >= 0.3 is 0 Å². The van der Waals surface area contributed by atoms with E-state index in [0.717, 1.165) is 0 Å². The summed E-state index contributed by atoms with van der Waals surface area (Å²) in [5.41, 5.74) is 1.26. The number of sulfone groups is 1. The second-order valence-electron chi connectivity index (χ2n) is 9.39. The first-order valence-corrected chi connectivity index (χ1v) is 14.0. The molecule has 0 aliphatic rings. The van der Waals surface area contributed by atoms with Crippen molar-refractivity contribution in [1.29, 1.82) is 0 Å². The summed E-state index contributed by atoms with van der Waals surface area (Å²) in [7, 11) is -3.04. The number of methoxy groups -OCH3 is 1. The summed E-state index contributed by atoms with van der Waals surface area (Å²) in [6.45, 7) is 5.16. The molecule has 4 rings (SSSR count). The van der Waals surface area contributed by atoms with Crippen molar-refractivity contribution in [3.05, 3.63) is 100 Å². The van der Waals surface area contributed by atoms with Gasteiger partial charge in [0.05, 0.1) is 23.6 Å². The van der Waals surface area contributed by atoms with Crippen LogP contribution in [0.15, 0.2) is 81.3 Å². The van der Waals surface area contributed by atoms with Crippen LogP contribution in [0.4, 0.5) is 4.39 Å². The van der Waals surface area contributed by atoms with Gasteiger partial charge in [-0.15, -0.1) is 0 Å². The number of benzene rings is 2. The number of aromatic nitrogens is 3. The van der Waals surface area contributed by atoms with Crippen molar-refractivity contribution in [3.63, 3.8) is 0 Å². The maximum Gasteiger partial charge on any atom is 0.296 e. The maximum absolute atomic E-state index is 13.7. The van der Waals surface area contributed by atoms with Gasteiger partial charge in [-0.1, -0.05) is 42.5 Å². The van der Waals surface area contributed by atoms with E-state index in [1.54, 1.807) is 51.1 Å². The first-order valence-electron chi connectivity index (χ1n) is 12.5. The monoisotopic (exact) mass is 567 g/mol. The number of nitrogens with zero attached hydrogens (tertiary/aromatic N) is 3. The number of halogens is 1. The van der Waals surface area contributed by atoms with E-state index in [9.17, 15) is 22.7 Å². The molecule has 40 heavy (non-hydrogen) atoms. The highest BCUT2D eigenvalue weighted by Gasteiger charge is 2.32. The van der Waals surface area contributed by atoms with Crippen LogP contribution in [0.25, 0.3) is 11.1 Å². The Labute approximate surface area is 231 Å². The molecule has 2 aromatic heterocycles. The van der Waals surface area contributed by atoms with Crippen LogP contribution in [-0.2, 0) is 25.9 Å². The SMILES string of the molecule is COCC(c1ccccc1)n1c(COC(C)C)nc(=O)c(S(=O)(=O)c2ccc(-c3ccc(F)nc3C)cc2)c1O. The van der Waals surface area contributed by atoms with Crippen LogP contribution in [-0.4, -0.2) is 47.9 Å². The van der Waals surface area contributed by atoms with Crippen LogP contribution in [0.1, 0.15) is 37.0 Å². The third-order valence-corrected chi connectivity index (χ3v) is 8.08. The third kappa shape index (κ3) is 5.96. The minimum Gasteiger partial charge on any atom is -0.493 e. The largest absolute Gasteiger partial charge is 0.493 e. The normalized spacial score (nSPS) is 12.6. The third-order valence-electron chi connectivity index (χ3n) is 6.30. The first kappa shape index (κ1) is 29.1. The molecule has 1 unspecified atom stereocenters. The van der Waals surface area contributed by atoms with Gasteiger partial charge in [-0.25, -0.2) is 13.4 Å². The molecule has 210 valence electrons. The lowest BCUT2D eigenvalue weighted by atomic mass is 10.1. The van der Waals surface area contributed by atoms with Gasteiger partial charge in [-0.05, 0) is 56.2 Å². The molecule has 4 aromatic rings. The van der Waals surface area contributed by atoms with Gasteiger partial charge in [0.1, 0.15) is 12.4 Å². The van der Waals surface area contributed by atoms with Gasteiger partial charge in [0.2, 0.25) is 21.7 Å². The van der Waals surface area contributed by atoms with Gasteiger partial charge in [-0.3, -0.25) is 9.36 Å². The van der Waals surface area contributed by atoms with E-state index in [0.29, 0.717) is 22.4 Å². The Hall–Kier alpha value is -3.93. The van der Waals surface area contributed by atoms with Crippen LogP contribution in [0.2, 0.25) is 0 Å². The quantitative estimate of drug-likeness (QED) is 0.279. The number of ether oxygens (including phenoxy) is 2. The minimum absolute atomic E-state index is 0.0516. The molecule has 0 saturated heterocycles. The zero-order chi connectivity index (χ0) is 29.0. The summed E-state index contributed by atoms with van der Waals surface area (Å²) >= 11 is 0. The highest BCUT2D eigenvalue weighted by molar-refractivity contribution is 7.91. The summed E-state index contributed by atoms with van der Waals surface area (Å²) in [4.78, 5) is 19.9. The van der Waals surface area contributed by atoms with Gasteiger partial charge in [0, 0.05) is 18.4 Å². The minimum atomic E-state index is -4.52. The molecule has 0 aliphatic carbocycles. The molecule has 9 nitrogen and oxygen atoms in total. The Morgan fingerprint density at radius 1 is 1.00 bits per heavy atom. The Morgan fingerprint density at radius 2 is 1.68 bits per heavy atom. The Kier molecular flexibility index (Phi) is 8.77. The fourth-order valence-electron chi connectivity index (χ4n) is 4.37. The van der Waals surface area contributed by atoms with Crippen molar-refractivity contribution in [2.75, 3.05) is 13.7 Å². The Bertz CT molecular complexity index is 1660. The number of hydrogen-bond acceptors (Lipinski definition) is 8. The molecular weight excluding hydrogens is 537 g/mol. The summed E-state index contributed by atoms with van der Waals surface area (Å²) in [5, 5.41) is 11.5. The summed E-state index contributed by atoms with van der Waals surface area (Å²) in [6.07, 6.45) is -0.216. The van der Waals surface area contributed by atoms with Crippen LogP contribution in [0.5, 0.6) is 5.88 Å². The van der Waals surface area contributed by atoms with Gasteiger partial charge in [0.25, 0.3) is 5.56 Å². The molecule has 0 fully saturated rings. The number of rotatable bonds is 10. The van der Waals surface area contributed by atoms with Crippen molar-refractivity contribution >= 4 is 9.84 Å². The summed E-state index contributed by atoms with van der Waals surface area (Å²) in [5.74, 6) is -1.34. The first-order chi connectivity index (χ1) is 19.0. The second kappa shape index (κ2) is 12.1. The smallest absolute Gasteiger partial charge is 0.296 e. The lowest BCUT2D eigenvalue weighted by molar-refractivity contribution is 0.0554. The average Bonchev–Trinajstić information content (AvgIpc) is 2.91. The lowest BCUT2D eigenvalue weighted by Gasteiger charge is -2.25. The van der Waals surface area contributed by atoms with Crippen LogP contribution < -0.4 is 5.56 Å². The van der Waals surface area contributed by atoms with Crippen molar-refractivity contribution in [2.24, 2.45) is 0 Å². The number of aryl methyl sites for hydroxylation is 1. The van der Waals surface area contributed by atoms with E-state index >= 15 is 0 Å². The number of pyridine rings is 1. The highest BCUT2D eigenvalue weighted by Crippen LogP contribution is 2.33. The molecule has 0 aliphatic heterocycles. The fraction of sp³-hybridized carbons (Fsp3) is 0.276. The van der Waals surface area contributed by atoms with E-state index in [4.69, 9.17) is 9.47 Å². The average molecular weight is 568 g/mol. The second-order valence-corrected chi connectivity index (χ2v) is 11.3. The van der Waals surface area contributed by atoms with E-state index < -0.39 is 38.2 Å². The molecule has 0 spiro atoms. The summed E-state index contributed by atoms with van der Waals surface area (Å²) in [6, 6.07) is 16.8. The standard InChI is InChI=1S/C29H30FN3O6S/c1-18(2)39-17-26-32-28(34)27(29(35)33(26)24(16-38-4)21-8-6-5-7-9-21)40(36,37)22-12-10-20(11-13-22)23-14-15-25(30)31-19(23)3/h5-15,18,24,35H,16-17H2,1-4H3. The Morgan fingerprint density at radius 3 is 2.27 bits per heavy atom. The van der Waals surface area contributed by atoms with Crippen LogP contribution in [0, 0.1) is 12.9 Å². The molecular formula is C29H30FN3O6S. The van der Waals surface area contributed by atoms with Crippen molar-refractivity contribution in [2.45, 2.75) is 49.3 Å². The van der Waals surface area contributed by atoms with E-state index in [-0.39, 0.29) is 30.0 Å². The fourth-order valence-corrected chi connectivity index (χ4v) is 5.72. The number of aromatic hydroxyl groups is 1. The topological polar surface area (TPSA) is 121 Å².